The molecule has 1 heterocycles. The summed E-state index contributed by atoms with van der Waals surface area (Å²) < 4.78 is 25.3. The van der Waals surface area contributed by atoms with Crippen LogP contribution in [0.15, 0.2) is 12.4 Å². The second-order valence-electron chi connectivity index (χ2n) is 3.69. The Labute approximate surface area is 111 Å². The molecule has 1 aromatic rings. The summed E-state index contributed by atoms with van der Waals surface area (Å²) in [5, 5.41) is 7.14. The van der Waals surface area contributed by atoms with E-state index in [1.165, 1.54) is 6.20 Å². The molecule has 9 heteroatoms. The number of nitrogens with one attached hydrogen (secondary N) is 2. The zero-order valence-electron chi connectivity index (χ0n) is 9.89. The van der Waals surface area contributed by atoms with Gasteiger partial charge >= 0.3 is 0 Å². The van der Waals surface area contributed by atoms with Crippen LogP contribution in [0, 0.1) is 0 Å². The van der Waals surface area contributed by atoms with Crippen LogP contribution in [0.1, 0.15) is 6.42 Å². The van der Waals surface area contributed by atoms with Crippen LogP contribution < -0.4 is 10.0 Å². The molecule has 0 atom stereocenters. The maximum absolute atomic E-state index is 11.3. The number of aromatic nitrogens is 2. The number of nitrogens with zero attached hydrogens (tertiary/aromatic N) is 2. The second-order valence-corrected chi connectivity index (χ2v) is 5.96. The van der Waals surface area contributed by atoms with Crippen molar-refractivity contribution in [2.45, 2.75) is 13.0 Å². The van der Waals surface area contributed by atoms with Crippen molar-refractivity contribution >= 4 is 27.5 Å². The van der Waals surface area contributed by atoms with E-state index in [9.17, 15) is 13.2 Å². The van der Waals surface area contributed by atoms with Gasteiger partial charge in [-0.1, -0.05) is 11.6 Å². The van der Waals surface area contributed by atoms with Crippen LogP contribution in [0.25, 0.3) is 0 Å². The predicted molar refractivity (Wildman–Crippen MR) is 67.7 cm³/mol. The molecule has 0 aliphatic rings. The molecule has 0 radical (unpaired) electrons. The number of amides is 1. The fourth-order valence-electron chi connectivity index (χ4n) is 1.21. The normalized spacial score (nSPS) is 11.4. The van der Waals surface area contributed by atoms with Crippen molar-refractivity contribution in [1.29, 1.82) is 0 Å². The minimum atomic E-state index is -3.24. The Hall–Kier alpha value is -1.12. The van der Waals surface area contributed by atoms with Gasteiger partial charge in [0, 0.05) is 25.7 Å². The van der Waals surface area contributed by atoms with Crippen LogP contribution in [0.3, 0.4) is 0 Å². The van der Waals surface area contributed by atoms with E-state index in [0.717, 1.165) is 6.26 Å². The third kappa shape index (κ3) is 6.58. The van der Waals surface area contributed by atoms with E-state index in [-0.39, 0.29) is 18.9 Å². The van der Waals surface area contributed by atoms with Gasteiger partial charge in [-0.2, -0.15) is 5.10 Å². The van der Waals surface area contributed by atoms with Crippen LogP contribution in [-0.4, -0.2) is 43.5 Å². The first-order valence-corrected chi connectivity index (χ1v) is 7.53. The number of halogens is 1. The van der Waals surface area contributed by atoms with Crippen LogP contribution in [0.4, 0.5) is 0 Å². The smallest absolute Gasteiger partial charge is 0.221 e. The molecule has 7 nitrogen and oxygen atoms in total. The molecule has 0 fully saturated rings. The molecule has 0 unspecified atom stereocenters. The maximum Gasteiger partial charge on any atom is 0.221 e. The quantitative estimate of drug-likeness (QED) is 0.715. The highest BCUT2D eigenvalue weighted by Crippen LogP contribution is 2.03. The summed E-state index contributed by atoms with van der Waals surface area (Å²) in [7, 11) is -3.24. The van der Waals surface area contributed by atoms with E-state index in [1.54, 1.807) is 10.9 Å². The van der Waals surface area contributed by atoms with Gasteiger partial charge in [0.15, 0.2) is 0 Å². The molecule has 0 saturated heterocycles. The molecule has 0 aliphatic carbocycles. The molecular weight excluding hydrogens is 280 g/mol. The van der Waals surface area contributed by atoms with Gasteiger partial charge in [0.2, 0.25) is 15.9 Å². The molecule has 1 aromatic heterocycles. The molecule has 0 saturated carbocycles. The highest BCUT2D eigenvalue weighted by molar-refractivity contribution is 7.88. The van der Waals surface area contributed by atoms with Gasteiger partial charge in [-0.05, 0) is 0 Å². The third-order valence-electron chi connectivity index (χ3n) is 1.98. The van der Waals surface area contributed by atoms with E-state index in [1.807, 2.05) is 0 Å². The van der Waals surface area contributed by atoms with Crippen molar-refractivity contribution < 1.29 is 13.2 Å². The zero-order valence-corrected chi connectivity index (χ0v) is 11.5. The van der Waals surface area contributed by atoms with Gasteiger partial charge < -0.3 is 5.32 Å². The monoisotopic (exact) mass is 294 g/mol. The van der Waals surface area contributed by atoms with Gasteiger partial charge in [-0.25, -0.2) is 13.1 Å². The molecule has 1 rings (SSSR count). The van der Waals surface area contributed by atoms with E-state index < -0.39 is 10.0 Å². The fraction of sp³-hybridized carbons (Fsp3) is 0.556. The summed E-state index contributed by atoms with van der Waals surface area (Å²) in [5.41, 5.74) is 0. The summed E-state index contributed by atoms with van der Waals surface area (Å²) >= 11 is 5.68. The average molecular weight is 295 g/mol. The van der Waals surface area contributed by atoms with Crippen molar-refractivity contribution in [3.63, 3.8) is 0 Å². The summed E-state index contributed by atoms with van der Waals surface area (Å²) in [6.07, 6.45) is 4.32. The lowest BCUT2D eigenvalue weighted by molar-refractivity contribution is -0.120. The van der Waals surface area contributed by atoms with Crippen molar-refractivity contribution in [2.24, 2.45) is 0 Å². The standard InChI is InChI=1S/C9H15ClN4O3S/c1-18(16,17)13-3-2-9(15)11-4-5-14-7-8(10)6-12-14/h6-7,13H,2-5H2,1H3,(H,11,15). The van der Waals surface area contributed by atoms with Gasteiger partial charge in [0.1, 0.15) is 0 Å². The molecule has 18 heavy (non-hydrogen) atoms. The number of hydrogen-bond acceptors (Lipinski definition) is 4. The fourth-order valence-corrected chi connectivity index (χ4v) is 1.84. The largest absolute Gasteiger partial charge is 0.354 e. The highest BCUT2D eigenvalue weighted by atomic mass is 35.5. The lowest BCUT2D eigenvalue weighted by Gasteiger charge is -2.05. The van der Waals surface area contributed by atoms with Gasteiger partial charge in [0.25, 0.3) is 0 Å². The topological polar surface area (TPSA) is 93.1 Å². The third-order valence-corrected chi connectivity index (χ3v) is 2.90. The molecular formula is C9H15ClN4O3S. The predicted octanol–water partition coefficient (Wildman–Crippen LogP) is -0.408. The molecule has 102 valence electrons. The maximum atomic E-state index is 11.3. The Balaban J connectivity index is 2.14. The Bertz CT molecular complexity index is 500. The number of rotatable bonds is 7. The SMILES string of the molecule is CS(=O)(=O)NCCC(=O)NCCn1cc(Cl)cn1. The molecule has 2 N–H and O–H groups in total. The lowest BCUT2D eigenvalue weighted by atomic mass is 10.4. The van der Waals surface area contributed by atoms with Crippen LogP contribution >= 0.6 is 11.6 Å². The number of carbonyl (C=O) groups is 1. The molecule has 0 spiro atoms. The Morgan fingerprint density at radius 1 is 1.50 bits per heavy atom. The Morgan fingerprint density at radius 2 is 2.22 bits per heavy atom. The molecule has 0 bridgehead atoms. The number of sulfonamides is 1. The summed E-state index contributed by atoms with van der Waals surface area (Å²) in [6, 6.07) is 0. The van der Waals surface area contributed by atoms with Crippen molar-refractivity contribution in [3.05, 3.63) is 17.4 Å². The number of carbonyl (C=O) groups excluding carboxylic acids is 1. The first-order chi connectivity index (χ1) is 8.37. The molecule has 0 aromatic carbocycles. The molecule has 0 aliphatic heterocycles. The molecule has 1 amide bonds. The van der Waals surface area contributed by atoms with Gasteiger partial charge in [-0.3, -0.25) is 9.48 Å². The van der Waals surface area contributed by atoms with Crippen LogP contribution in [-0.2, 0) is 21.4 Å². The summed E-state index contributed by atoms with van der Waals surface area (Å²) in [4.78, 5) is 11.3. The summed E-state index contributed by atoms with van der Waals surface area (Å²) in [6.45, 7) is 1.02. The first kappa shape index (κ1) is 14.9. The van der Waals surface area contributed by atoms with Gasteiger partial charge in [0.05, 0.1) is 24.0 Å². The van der Waals surface area contributed by atoms with E-state index in [4.69, 9.17) is 11.6 Å². The van der Waals surface area contributed by atoms with E-state index in [2.05, 4.69) is 15.1 Å². The lowest BCUT2D eigenvalue weighted by Crippen LogP contribution is -2.31. The van der Waals surface area contributed by atoms with Crippen molar-refractivity contribution in [1.82, 2.24) is 19.8 Å². The van der Waals surface area contributed by atoms with E-state index >= 15 is 0 Å². The van der Waals surface area contributed by atoms with Crippen molar-refractivity contribution in [2.75, 3.05) is 19.3 Å². The Kier molecular flexibility index (Phi) is 5.57. The van der Waals surface area contributed by atoms with Crippen LogP contribution in [0.2, 0.25) is 5.02 Å². The second kappa shape index (κ2) is 6.72. The van der Waals surface area contributed by atoms with Crippen LogP contribution in [0.5, 0.6) is 0 Å². The van der Waals surface area contributed by atoms with E-state index in [0.29, 0.717) is 18.1 Å². The zero-order chi connectivity index (χ0) is 13.6. The Morgan fingerprint density at radius 3 is 2.78 bits per heavy atom. The van der Waals surface area contributed by atoms with Gasteiger partial charge in [-0.15, -0.1) is 0 Å². The summed E-state index contributed by atoms with van der Waals surface area (Å²) in [5.74, 6) is -0.218. The average Bonchev–Trinajstić information content (AvgIpc) is 2.62. The number of hydrogen-bond donors (Lipinski definition) is 2. The highest BCUT2D eigenvalue weighted by Gasteiger charge is 2.04. The van der Waals surface area contributed by atoms with Crippen molar-refractivity contribution in [3.8, 4) is 0 Å². The minimum Gasteiger partial charge on any atom is -0.354 e. The minimum absolute atomic E-state index is 0.0955. The first-order valence-electron chi connectivity index (χ1n) is 5.26.